The molecule has 0 radical (unpaired) electrons. The van der Waals surface area contributed by atoms with E-state index in [1.807, 2.05) is 12.1 Å². The van der Waals surface area contributed by atoms with E-state index < -0.39 is 29.2 Å². The lowest BCUT2D eigenvalue weighted by Gasteiger charge is -2.27. The summed E-state index contributed by atoms with van der Waals surface area (Å²) in [6, 6.07) is 19.3. The number of rotatable bonds is 3. The van der Waals surface area contributed by atoms with Crippen LogP contribution in [0.2, 0.25) is 5.02 Å². The largest absolute Gasteiger partial charge is 0.456 e. The number of hydrogen-bond acceptors (Lipinski definition) is 5. The normalized spacial score (nSPS) is 17.8. The van der Waals surface area contributed by atoms with Crippen molar-refractivity contribution in [1.29, 1.82) is 0 Å². The SMILES string of the molecule is O=c1oc2c(c(=O)n1-c1cccc(F)c1)C1C=C(Oc3ccc(Cl)cc3)OC1c1ccccc1-2. The van der Waals surface area contributed by atoms with Crippen LogP contribution in [0.25, 0.3) is 17.0 Å². The Bertz CT molecular complexity index is 1590. The van der Waals surface area contributed by atoms with Crippen LogP contribution >= 0.6 is 11.6 Å². The second-order valence-corrected chi connectivity index (χ2v) is 8.36. The first-order valence-electron chi connectivity index (χ1n) is 10.5. The predicted molar refractivity (Wildman–Crippen MR) is 123 cm³/mol. The van der Waals surface area contributed by atoms with Crippen LogP contribution in [0.15, 0.2) is 98.8 Å². The summed E-state index contributed by atoms with van der Waals surface area (Å²) in [7, 11) is 0. The van der Waals surface area contributed by atoms with E-state index in [0.717, 1.165) is 16.2 Å². The Morgan fingerprint density at radius 1 is 0.971 bits per heavy atom. The van der Waals surface area contributed by atoms with Crippen LogP contribution in [0.1, 0.15) is 23.1 Å². The molecular weight excluding hydrogens is 461 g/mol. The smallest absolute Gasteiger partial charge is 0.426 e. The third-order valence-electron chi connectivity index (χ3n) is 5.88. The van der Waals surface area contributed by atoms with Gasteiger partial charge in [-0.2, -0.15) is 0 Å². The van der Waals surface area contributed by atoms with Gasteiger partial charge in [0.15, 0.2) is 0 Å². The van der Waals surface area contributed by atoms with Gasteiger partial charge in [0.25, 0.3) is 11.5 Å². The van der Waals surface area contributed by atoms with Gasteiger partial charge in [0.2, 0.25) is 0 Å². The number of aromatic nitrogens is 1. The zero-order valence-corrected chi connectivity index (χ0v) is 18.2. The minimum atomic E-state index is -0.900. The summed E-state index contributed by atoms with van der Waals surface area (Å²) in [6.07, 6.45) is 1.12. The summed E-state index contributed by atoms with van der Waals surface area (Å²) in [5.41, 5.74) is 1.06. The highest BCUT2D eigenvalue weighted by atomic mass is 35.5. The molecule has 2 unspecified atom stereocenters. The first-order valence-corrected chi connectivity index (χ1v) is 10.8. The van der Waals surface area contributed by atoms with Crippen LogP contribution in [0.4, 0.5) is 4.39 Å². The van der Waals surface area contributed by atoms with Crippen LogP contribution in [0, 0.1) is 5.82 Å². The number of benzene rings is 3. The lowest BCUT2D eigenvalue weighted by Crippen LogP contribution is -2.36. The topological polar surface area (TPSA) is 70.7 Å². The van der Waals surface area contributed by atoms with Crippen molar-refractivity contribution in [3.05, 3.63) is 128 Å². The molecule has 0 saturated heterocycles. The molecule has 3 aromatic carbocycles. The maximum Gasteiger partial charge on any atom is 0.426 e. The van der Waals surface area contributed by atoms with Gasteiger partial charge < -0.3 is 13.9 Å². The second-order valence-electron chi connectivity index (χ2n) is 7.92. The number of fused-ring (bicyclic) bond motifs is 6. The van der Waals surface area contributed by atoms with Gasteiger partial charge in [-0.1, -0.05) is 41.9 Å². The second kappa shape index (κ2) is 7.74. The van der Waals surface area contributed by atoms with Crippen molar-refractivity contribution in [2.24, 2.45) is 0 Å². The minimum absolute atomic E-state index is 0.0810. The van der Waals surface area contributed by atoms with Gasteiger partial charge in [0, 0.05) is 22.2 Å². The fourth-order valence-corrected chi connectivity index (χ4v) is 4.54. The third-order valence-corrected chi connectivity index (χ3v) is 6.13. The first kappa shape index (κ1) is 20.5. The summed E-state index contributed by atoms with van der Waals surface area (Å²) in [6.45, 7) is 0. The molecule has 4 aromatic rings. The third kappa shape index (κ3) is 3.24. The predicted octanol–water partition coefficient (Wildman–Crippen LogP) is 5.34. The van der Waals surface area contributed by atoms with Crippen molar-refractivity contribution in [3.8, 4) is 22.8 Å². The molecule has 1 aliphatic carbocycles. The average Bonchev–Trinajstić information content (AvgIpc) is 3.24. The minimum Gasteiger partial charge on any atom is -0.456 e. The quantitative estimate of drug-likeness (QED) is 0.400. The van der Waals surface area contributed by atoms with Gasteiger partial charge in [0.05, 0.1) is 17.2 Å². The van der Waals surface area contributed by atoms with Gasteiger partial charge in [-0.15, -0.1) is 0 Å². The molecule has 6 rings (SSSR count). The Hall–Kier alpha value is -4.10. The molecule has 0 bridgehead atoms. The van der Waals surface area contributed by atoms with Crippen molar-refractivity contribution in [2.75, 3.05) is 0 Å². The lowest BCUT2D eigenvalue weighted by molar-refractivity contribution is 0.0599. The molecule has 1 aromatic heterocycles. The molecule has 0 fully saturated rings. The van der Waals surface area contributed by atoms with Crippen LogP contribution in [0.5, 0.6) is 5.75 Å². The van der Waals surface area contributed by atoms with Crippen LogP contribution in [-0.2, 0) is 4.74 Å². The van der Waals surface area contributed by atoms with Gasteiger partial charge in [0.1, 0.15) is 23.4 Å². The monoisotopic (exact) mass is 475 g/mol. The Labute approximate surface area is 197 Å². The molecule has 2 heterocycles. The van der Waals surface area contributed by atoms with E-state index in [9.17, 15) is 14.0 Å². The van der Waals surface area contributed by atoms with E-state index in [-0.39, 0.29) is 23.0 Å². The fourth-order valence-electron chi connectivity index (χ4n) is 4.41. The summed E-state index contributed by atoms with van der Waals surface area (Å²) < 4.78 is 32.3. The maximum atomic E-state index is 13.8. The van der Waals surface area contributed by atoms with Gasteiger partial charge in [-0.3, -0.25) is 4.79 Å². The van der Waals surface area contributed by atoms with Crippen molar-refractivity contribution >= 4 is 11.6 Å². The van der Waals surface area contributed by atoms with Crippen molar-refractivity contribution in [3.63, 3.8) is 0 Å². The standard InChI is InChI=1S/C26H15ClFNO5/c27-14-8-10-17(11-9-14)32-21-13-20-22-24(19-7-2-1-6-18(19)23(20)33-21)34-26(31)29(25(22)30)16-5-3-4-15(28)12-16/h1-13,20,23H. The number of nitrogens with zero attached hydrogens (tertiary/aromatic N) is 1. The highest BCUT2D eigenvalue weighted by Gasteiger charge is 2.43. The molecule has 1 aliphatic heterocycles. The Morgan fingerprint density at radius 3 is 2.56 bits per heavy atom. The molecule has 0 spiro atoms. The molecule has 0 saturated carbocycles. The van der Waals surface area contributed by atoms with Crippen molar-refractivity contribution in [2.45, 2.75) is 12.0 Å². The summed E-state index contributed by atoms with van der Waals surface area (Å²) in [5.74, 6) is -1.16. The molecule has 2 atom stereocenters. The molecule has 0 N–H and O–H groups in total. The van der Waals surface area contributed by atoms with E-state index in [1.54, 1.807) is 42.5 Å². The van der Waals surface area contributed by atoms with E-state index in [2.05, 4.69) is 0 Å². The Kier molecular flexibility index (Phi) is 4.67. The average molecular weight is 476 g/mol. The highest BCUT2D eigenvalue weighted by molar-refractivity contribution is 6.30. The van der Waals surface area contributed by atoms with Gasteiger partial charge >= 0.3 is 5.76 Å². The molecule has 2 aliphatic rings. The highest BCUT2D eigenvalue weighted by Crippen LogP contribution is 2.50. The number of halogens is 2. The molecule has 8 heteroatoms. The molecule has 168 valence electrons. The van der Waals surface area contributed by atoms with E-state index in [4.69, 9.17) is 25.5 Å². The van der Waals surface area contributed by atoms with E-state index in [0.29, 0.717) is 16.3 Å². The lowest BCUT2D eigenvalue weighted by atomic mass is 9.81. The number of ether oxygens (including phenoxy) is 2. The van der Waals surface area contributed by atoms with E-state index in [1.165, 1.54) is 18.2 Å². The van der Waals surface area contributed by atoms with Gasteiger partial charge in [-0.05, 0) is 42.5 Å². The van der Waals surface area contributed by atoms with Gasteiger partial charge in [-0.25, -0.2) is 13.8 Å². The fraction of sp³-hybridized carbons (Fsp3) is 0.0769. The zero-order chi connectivity index (χ0) is 23.4. The molecule has 34 heavy (non-hydrogen) atoms. The van der Waals surface area contributed by atoms with Crippen molar-refractivity contribution in [1.82, 2.24) is 4.57 Å². The molecule has 0 amide bonds. The summed E-state index contributed by atoms with van der Waals surface area (Å²) >= 11 is 5.95. The van der Waals surface area contributed by atoms with Crippen molar-refractivity contribution < 1.29 is 18.3 Å². The van der Waals surface area contributed by atoms with Crippen LogP contribution in [-0.4, -0.2) is 4.57 Å². The maximum absolute atomic E-state index is 13.8. The summed E-state index contributed by atoms with van der Waals surface area (Å²) in [5, 5.41) is 0.568. The zero-order valence-electron chi connectivity index (χ0n) is 17.4. The van der Waals surface area contributed by atoms with E-state index >= 15 is 0 Å². The molecule has 6 nitrogen and oxygen atoms in total. The van der Waals surface area contributed by atoms with Crippen LogP contribution in [0.3, 0.4) is 0 Å². The Morgan fingerprint density at radius 2 is 1.76 bits per heavy atom. The summed E-state index contributed by atoms with van der Waals surface area (Å²) in [4.78, 5) is 26.5. The first-order chi connectivity index (χ1) is 16.5. The molecular formula is C26H15ClFNO5. The Balaban J connectivity index is 1.53. The van der Waals surface area contributed by atoms with Crippen LogP contribution < -0.4 is 16.1 Å². The number of hydrogen-bond donors (Lipinski definition) is 0.